The Labute approximate surface area is 42.7 Å². The second kappa shape index (κ2) is 5.24. The fourth-order valence-corrected chi connectivity index (χ4v) is 0.192. The minimum atomic E-state index is 1.18. The molecular formula is C5H8O2. The first-order valence-electron chi connectivity index (χ1n) is 2.00. The molecule has 0 unspecified atom stereocenters. The average molecular weight is 100 g/mol. The van der Waals surface area contributed by atoms with Gasteiger partial charge in [0.05, 0.1) is 0 Å². The molecular weight excluding hydrogens is 92.1 g/mol. The van der Waals surface area contributed by atoms with Gasteiger partial charge in [0.2, 0.25) is 0 Å². The van der Waals surface area contributed by atoms with Gasteiger partial charge in [-0.05, 0) is 13.0 Å². The van der Waals surface area contributed by atoms with Crippen molar-refractivity contribution in [1.29, 1.82) is 0 Å². The van der Waals surface area contributed by atoms with E-state index < -0.39 is 0 Å². The molecule has 2 heteroatoms. The lowest BCUT2D eigenvalue weighted by Gasteiger charge is -1.75. The van der Waals surface area contributed by atoms with E-state index in [4.69, 9.17) is 5.26 Å². The van der Waals surface area contributed by atoms with Crippen LogP contribution in [0.1, 0.15) is 6.92 Å². The van der Waals surface area contributed by atoms with Gasteiger partial charge < -0.3 is 4.89 Å². The zero-order valence-corrected chi connectivity index (χ0v) is 4.16. The van der Waals surface area contributed by atoms with E-state index in [1.807, 2.05) is 13.0 Å². The van der Waals surface area contributed by atoms with Crippen LogP contribution in [0.4, 0.5) is 0 Å². The third kappa shape index (κ3) is 5.24. The molecule has 0 aromatic rings. The van der Waals surface area contributed by atoms with Gasteiger partial charge in [-0.25, -0.2) is 5.26 Å². The van der Waals surface area contributed by atoms with Crippen LogP contribution in [0.15, 0.2) is 24.5 Å². The van der Waals surface area contributed by atoms with Crippen LogP contribution in [0.25, 0.3) is 0 Å². The number of hydrogen-bond acceptors (Lipinski definition) is 2. The molecule has 1 N–H and O–H groups in total. The van der Waals surface area contributed by atoms with Gasteiger partial charge in [-0.1, -0.05) is 12.2 Å². The molecule has 0 aliphatic rings. The van der Waals surface area contributed by atoms with Gasteiger partial charge in [0.25, 0.3) is 0 Å². The first kappa shape index (κ1) is 6.24. The molecule has 0 fully saturated rings. The summed E-state index contributed by atoms with van der Waals surface area (Å²) in [4.78, 5) is 3.61. The van der Waals surface area contributed by atoms with E-state index in [1.54, 1.807) is 12.2 Å². The third-order valence-electron chi connectivity index (χ3n) is 0.443. The van der Waals surface area contributed by atoms with E-state index in [2.05, 4.69) is 4.89 Å². The average Bonchev–Trinajstić information content (AvgIpc) is 1.69. The molecule has 0 saturated carbocycles. The van der Waals surface area contributed by atoms with Crippen molar-refractivity contribution < 1.29 is 10.1 Å². The van der Waals surface area contributed by atoms with Crippen molar-refractivity contribution in [3.05, 3.63) is 24.5 Å². The van der Waals surface area contributed by atoms with Crippen molar-refractivity contribution >= 4 is 0 Å². The standard InChI is InChI=1S/C5H8O2/c1-2-3-4-5-7-6/h2-6H,1H3. The summed E-state index contributed by atoms with van der Waals surface area (Å²) in [5.41, 5.74) is 0. The zero-order chi connectivity index (χ0) is 5.54. The third-order valence-corrected chi connectivity index (χ3v) is 0.443. The molecule has 0 saturated heterocycles. The number of hydrogen-bond donors (Lipinski definition) is 1. The molecule has 0 aliphatic heterocycles. The Morgan fingerprint density at radius 3 is 2.57 bits per heavy atom. The van der Waals surface area contributed by atoms with Gasteiger partial charge >= 0.3 is 0 Å². The quantitative estimate of drug-likeness (QED) is 0.247. The van der Waals surface area contributed by atoms with Gasteiger partial charge in [-0.15, -0.1) is 0 Å². The maximum Gasteiger partial charge on any atom is 0.129 e. The van der Waals surface area contributed by atoms with Crippen LogP contribution < -0.4 is 0 Å². The monoisotopic (exact) mass is 100 g/mol. The molecule has 0 spiro atoms. The molecule has 0 bridgehead atoms. The Hall–Kier alpha value is -0.760. The Balaban J connectivity index is 3.09. The lowest BCUT2D eigenvalue weighted by molar-refractivity contribution is -0.186. The summed E-state index contributed by atoms with van der Waals surface area (Å²) in [5, 5.41) is 7.67. The molecule has 0 atom stereocenters. The fourth-order valence-electron chi connectivity index (χ4n) is 0.192. The first-order chi connectivity index (χ1) is 3.41. The summed E-state index contributed by atoms with van der Waals surface area (Å²) >= 11 is 0. The van der Waals surface area contributed by atoms with Gasteiger partial charge in [0.1, 0.15) is 6.26 Å². The van der Waals surface area contributed by atoms with Crippen molar-refractivity contribution in [2.75, 3.05) is 0 Å². The minimum Gasteiger partial charge on any atom is -0.348 e. The van der Waals surface area contributed by atoms with E-state index in [-0.39, 0.29) is 0 Å². The summed E-state index contributed by atoms with van der Waals surface area (Å²) in [6, 6.07) is 0. The predicted octanol–water partition coefficient (Wildman–Crippen LogP) is 1.57. The second-order valence-corrected chi connectivity index (χ2v) is 0.960. The Morgan fingerprint density at radius 1 is 1.43 bits per heavy atom. The lowest BCUT2D eigenvalue weighted by Crippen LogP contribution is -1.61. The van der Waals surface area contributed by atoms with Crippen LogP contribution in [0, 0.1) is 0 Å². The SMILES string of the molecule is CC=CC=COO. The summed E-state index contributed by atoms with van der Waals surface area (Å²) in [5.74, 6) is 0. The largest absolute Gasteiger partial charge is 0.348 e. The van der Waals surface area contributed by atoms with Crippen LogP contribution in [0.3, 0.4) is 0 Å². The molecule has 0 aromatic carbocycles. The molecule has 40 valence electrons. The van der Waals surface area contributed by atoms with Crippen LogP contribution in [-0.4, -0.2) is 5.26 Å². The van der Waals surface area contributed by atoms with Gasteiger partial charge in [-0.3, -0.25) is 0 Å². The van der Waals surface area contributed by atoms with Gasteiger partial charge in [0.15, 0.2) is 0 Å². The van der Waals surface area contributed by atoms with Crippen molar-refractivity contribution in [3.8, 4) is 0 Å². The fraction of sp³-hybridized carbons (Fsp3) is 0.200. The van der Waals surface area contributed by atoms with Crippen LogP contribution in [0.2, 0.25) is 0 Å². The van der Waals surface area contributed by atoms with Crippen LogP contribution in [-0.2, 0) is 4.89 Å². The molecule has 0 rings (SSSR count). The molecule has 0 aliphatic carbocycles. The van der Waals surface area contributed by atoms with Crippen molar-refractivity contribution in [2.24, 2.45) is 0 Å². The van der Waals surface area contributed by atoms with E-state index in [1.165, 1.54) is 6.26 Å². The number of rotatable bonds is 2. The van der Waals surface area contributed by atoms with E-state index in [0.717, 1.165) is 0 Å². The van der Waals surface area contributed by atoms with Crippen molar-refractivity contribution in [3.63, 3.8) is 0 Å². The van der Waals surface area contributed by atoms with Crippen LogP contribution in [0.5, 0.6) is 0 Å². The molecule has 0 heterocycles. The molecule has 7 heavy (non-hydrogen) atoms. The lowest BCUT2D eigenvalue weighted by atomic mass is 10.5. The zero-order valence-electron chi connectivity index (χ0n) is 4.16. The normalized spacial score (nSPS) is 11.1. The van der Waals surface area contributed by atoms with Crippen molar-refractivity contribution in [2.45, 2.75) is 6.92 Å². The van der Waals surface area contributed by atoms with E-state index >= 15 is 0 Å². The minimum absolute atomic E-state index is 1.18. The first-order valence-corrected chi connectivity index (χ1v) is 2.00. The highest BCUT2D eigenvalue weighted by molar-refractivity contribution is 4.97. The Morgan fingerprint density at radius 2 is 2.14 bits per heavy atom. The molecule has 2 nitrogen and oxygen atoms in total. The molecule has 0 radical (unpaired) electrons. The highest BCUT2D eigenvalue weighted by Crippen LogP contribution is 1.73. The smallest absolute Gasteiger partial charge is 0.129 e. The molecule has 0 amide bonds. The predicted molar refractivity (Wildman–Crippen MR) is 27.7 cm³/mol. The second-order valence-electron chi connectivity index (χ2n) is 0.960. The Bertz CT molecular complexity index is 74.1. The topological polar surface area (TPSA) is 29.5 Å². The summed E-state index contributed by atoms with van der Waals surface area (Å²) < 4.78 is 0. The van der Waals surface area contributed by atoms with E-state index in [9.17, 15) is 0 Å². The maximum atomic E-state index is 7.67. The highest BCUT2D eigenvalue weighted by Gasteiger charge is 1.57. The number of allylic oxidation sites excluding steroid dienone is 3. The summed E-state index contributed by atoms with van der Waals surface area (Å²) in [6.45, 7) is 1.88. The van der Waals surface area contributed by atoms with Gasteiger partial charge in [-0.2, -0.15) is 0 Å². The van der Waals surface area contributed by atoms with Crippen LogP contribution >= 0.6 is 0 Å². The summed E-state index contributed by atoms with van der Waals surface area (Å²) in [6.07, 6.45) is 6.34. The maximum absolute atomic E-state index is 7.67. The summed E-state index contributed by atoms with van der Waals surface area (Å²) in [7, 11) is 0. The van der Waals surface area contributed by atoms with E-state index in [0.29, 0.717) is 0 Å². The molecule has 0 aromatic heterocycles. The highest BCUT2D eigenvalue weighted by atomic mass is 17.1. The Kier molecular flexibility index (Phi) is 4.67. The van der Waals surface area contributed by atoms with Crippen molar-refractivity contribution in [1.82, 2.24) is 0 Å². The van der Waals surface area contributed by atoms with Gasteiger partial charge in [0, 0.05) is 0 Å².